The Morgan fingerprint density at radius 2 is 2.29 bits per heavy atom. The summed E-state index contributed by atoms with van der Waals surface area (Å²) >= 11 is 0. The molecule has 1 atom stereocenters. The smallest absolute Gasteiger partial charge is 0.139 e. The molecule has 0 aliphatic carbocycles. The number of nitrogens with one attached hydrogen (secondary N) is 1. The van der Waals surface area contributed by atoms with Crippen LogP contribution in [-0.4, -0.2) is 22.7 Å². The molecule has 4 N–H and O–H groups in total. The van der Waals surface area contributed by atoms with Gasteiger partial charge in [-0.05, 0) is 33.7 Å². The normalized spacial score (nSPS) is 13.9. The molecule has 0 bridgehead atoms. The number of amidine groups is 1. The first-order valence-corrected chi connectivity index (χ1v) is 5.68. The monoisotopic (exact) mass is 240 g/mol. The van der Waals surface area contributed by atoms with E-state index in [1.54, 1.807) is 0 Å². The van der Waals surface area contributed by atoms with E-state index in [0.717, 1.165) is 30.0 Å². The molecule has 0 aliphatic rings. The average molecular weight is 240 g/mol. The molecular weight excluding hydrogens is 220 g/mol. The summed E-state index contributed by atoms with van der Waals surface area (Å²) in [7, 11) is 0. The lowest BCUT2D eigenvalue weighted by molar-refractivity contribution is 0.316. The molecule has 0 spiro atoms. The van der Waals surface area contributed by atoms with Crippen LogP contribution in [-0.2, 0) is 0 Å². The number of rotatable bonds is 6. The molecule has 0 saturated carbocycles. The van der Waals surface area contributed by atoms with Crippen molar-refractivity contribution in [1.29, 1.82) is 0 Å². The van der Waals surface area contributed by atoms with E-state index in [1.807, 2.05) is 13.8 Å². The summed E-state index contributed by atoms with van der Waals surface area (Å²) in [5.74, 6) is 1.11. The number of hydrogen-bond donors (Lipinski definition) is 3. The van der Waals surface area contributed by atoms with Crippen LogP contribution in [0.3, 0.4) is 0 Å². The molecular formula is C11H20N4O2. The van der Waals surface area contributed by atoms with Crippen molar-refractivity contribution in [3.05, 3.63) is 17.0 Å². The molecule has 1 aromatic heterocycles. The van der Waals surface area contributed by atoms with Crippen molar-refractivity contribution >= 4 is 5.84 Å². The largest absolute Gasteiger partial charge is 0.409 e. The Hall–Kier alpha value is -1.56. The summed E-state index contributed by atoms with van der Waals surface area (Å²) in [6.45, 7) is 6.70. The van der Waals surface area contributed by atoms with Crippen LogP contribution in [0.5, 0.6) is 0 Å². The summed E-state index contributed by atoms with van der Waals surface area (Å²) < 4.78 is 5.12. The van der Waals surface area contributed by atoms with E-state index in [0.29, 0.717) is 6.42 Å². The van der Waals surface area contributed by atoms with Gasteiger partial charge in [-0.3, -0.25) is 0 Å². The van der Waals surface area contributed by atoms with Crippen molar-refractivity contribution in [3.63, 3.8) is 0 Å². The fourth-order valence-electron chi connectivity index (χ4n) is 1.85. The van der Waals surface area contributed by atoms with Crippen LogP contribution in [0.2, 0.25) is 0 Å². The second-order valence-corrected chi connectivity index (χ2v) is 4.11. The maximum Gasteiger partial charge on any atom is 0.139 e. The SMILES string of the molecule is Cc1noc(C)c1C(C)NCCCC(N)=NO. The highest BCUT2D eigenvalue weighted by atomic mass is 16.5. The molecule has 6 nitrogen and oxygen atoms in total. The Morgan fingerprint density at radius 3 is 2.82 bits per heavy atom. The van der Waals surface area contributed by atoms with Crippen LogP contribution < -0.4 is 11.1 Å². The lowest BCUT2D eigenvalue weighted by Crippen LogP contribution is -2.22. The Kier molecular flexibility index (Phi) is 4.96. The van der Waals surface area contributed by atoms with Gasteiger partial charge >= 0.3 is 0 Å². The van der Waals surface area contributed by atoms with E-state index in [-0.39, 0.29) is 11.9 Å². The van der Waals surface area contributed by atoms with Crippen molar-refractivity contribution in [2.45, 2.75) is 39.7 Å². The highest BCUT2D eigenvalue weighted by Gasteiger charge is 2.15. The lowest BCUT2D eigenvalue weighted by Gasteiger charge is -2.13. The van der Waals surface area contributed by atoms with Crippen LogP contribution >= 0.6 is 0 Å². The summed E-state index contributed by atoms with van der Waals surface area (Å²) in [6.07, 6.45) is 1.40. The van der Waals surface area contributed by atoms with Gasteiger partial charge in [-0.1, -0.05) is 10.3 Å². The molecule has 1 rings (SSSR count). The Morgan fingerprint density at radius 1 is 1.59 bits per heavy atom. The molecule has 17 heavy (non-hydrogen) atoms. The molecule has 0 saturated heterocycles. The average Bonchev–Trinajstić information content (AvgIpc) is 2.64. The maximum atomic E-state index is 8.39. The van der Waals surface area contributed by atoms with E-state index in [4.69, 9.17) is 15.5 Å². The van der Waals surface area contributed by atoms with Crippen molar-refractivity contribution < 1.29 is 9.73 Å². The van der Waals surface area contributed by atoms with Gasteiger partial charge in [0, 0.05) is 18.0 Å². The predicted octanol–water partition coefficient (Wildman–Crippen LogP) is 1.47. The maximum absolute atomic E-state index is 8.39. The zero-order valence-corrected chi connectivity index (χ0v) is 10.5. The predicted molar refractivity (Wildman–Crippen MR) is 65.0 cm³/mol. The van der Waals surface area contributed by atoms with Gasteiger partial charge < -0.3 is 20.8 Å². The van der Waals surface area contributed by atoms with Gasteiger partial charge in [-0.25, -0.2) is 0 Å². The molecule has 1 aromatic rings. The highest BCUT2D eigenvalue weighted by molar-refractivity contribution is 5.79. The Balaban J connectivity index is 2.38. The van der Waals surface area contributed by atoms with Gasteiger partial charge in [-0.15, -0.1) is 0 Å². The highest BCUT2D eigenvalue weighted by Crippen LogP contribution is 2.20. The minimum Gasteiger partial charge on any atom is -0.409 e. The number of nitrogens with zero attached hydrogens (tertiary/aromatic N) is 2. The quantitative estimate of drug-likeness (QED) is 0.230. The molecule has 0 radical (unpaired) electrons. The van der Waals surface area contributed by atoms with Gasteiger partial charge in [0.15, 0.2) is 0 Å². The number of aromatic nitrogens is 1. The molecule has 96 valence electrons. The van der Waals surface area contributed by atoms with Gasteiger partial charge in [0.1, 0.15) is 11.6 Å². The van der Waals surface area contributed by atoms with Crippen LogP contribution in [0.25, 0.3) is 0 Å². The lowest BCUT2D eigenvalue weighted by atomic mass is 10.1. The Bertz CT molecular complexity index is 367. The van der Waals surface area contributed by atoms with E-state index < -0.39 is 0 Å². The summed E-state index contributed by atoms with van der Waals surface area (Å²) in [6, 6.07) is 0.188. The van der Waals surface area contributed by atoms with Crippen molar-refractivity contribution in [1.82, 2.24) is 10.5 Å². The fourth-order valence-corrected chi connectivity index (χ4v) is 1.85. The number of hydrogen-bond acceptors (Lipinski definition) is 5. The first-order valence-electron chi connectivity index (χ1n) is 5.68. The number of oxime groups is 1. The first-order chi connectivity index (χ1) is 8.06. The second kappa shape index (κ2) is 6.24. The van der Waals surface area contributed by atoms with Crippen LogP contribution in [0.1, 0.15) is 42.8 Å². The second-order valence-electron chi connectivity index (χ2n) is 4.11. The van der Waals surface area contributed by atoms with Gasteiger partial charge in [0.25, 0.3) is 0 Å². The summed E-state index contributed by atoms with van der Waals surface area (Å²) in [4.78, 5) is 0. The van der Waals surface area contributed by atoms with Crippen LogP contribution in [0.4, 0.5) is 0 Å². The summed E-state index contributed by atoms with van der Waals surface area (Å²) in [5.41, 5.74) is 7.40. The Labute approximate surface area is 101 Å². The molecule has 0 aliphatic heterocycles. The van der Waals surface area contributed by atoms with Crippen molar-refractivity contribution in [2.75, 3.05) is 6.54 Å². The van der Waals surface area contributed by atoms with Gasteiger partial charge in [-0.2, -0.15) is 0 Å². The minimum absolute atomic E-state index is 0.188. The van der Waals surface area contributed by atoms with E-state index in [9.17, 15) is 0 Å². The van der Waals surface area contributed by atoms with Gasteiger partial charge in [0.05, 0.1) is 5.69 Å². The van der Waals surface area contributed by atoms with E-state index in [1.165, 1.54) is 0 Å². The van der Waals surface area contributed by atoms with Crippen molar-refractivity contribution in [2.24, 2.45) is 10.9 Å². The summed E-state index contributed by atoms with van der Waals surface area (Å²) in [5, 5.41) is 18.6. The van der Waals surface area contributed by atoms with Crippen LogP contribution in [0.15, 0.2) is 9.68 Å². The molecule has 0 fully saturated rings. The third-order valence-electron chi connectivity index (χ3n) is 2.71. The number of aryl methyl sites for hydroxylation is 2. The van der Waals surface area contributed by atoms with Gasteiger partial charge in [0.2, 0.25) is 0 Å². The van der Waals surface area contributed by atoms with E-state index in [2.05, 4.69) is 22.6 Å². The molecule has 0 aromatic carbocycles. The zero-order valence-electron chi connectivity index (χ0n) is 10.5. The minimum atomic E-state index is 0.188. The zero-order chi connectivity index (χ0) is 12.8. The number of nitrogens with two attached hydrogens (primary N) is 1. The van der Waals surface area contributed by atoms with Crippen molar-refractivity contribution in [3.8, 4) is 0 Å². The molecule has 6 heteroatoms. The topological polar surface area (TPSA) is 96.7 Å². The molecule has 0 amide bonds. The fraction of sp³-hybridized carbons (Fsp3) is 0.636. The standard InChI is InChI=1S/C11H20N4O2/c1-7(11-8(2)15-17-9(11)3)13-6-4-5-10(12)14-16/h7,13,16H,4-6H2,1-3H3,(H2,12,14). The van der Waals surface area contributed by atoms with Crippen LogP contribution in [0, 0.1) is 13.8 Å². The third-order valence-corrected chi connectivity index (χ3v) is 2.71. The third kappa shape index (κ3) is 3.74. The van der Waals surface area contributed by atoms with E-state index >= 15 is 0 Å². The first kappa shape index (κ1) is 13.5. The molecule has 1 heterocycles. The molecule has 1 unspecified atom stereocenters.